The molecule has 0 unspecified atom stereocenters. The van der Waals surface area contributed by atoms with Crippen molar-refractivity contribution < 1.29 is 26.7 Å². The SMILES string of the molecule is CCCn1c(CCC(=O)Nc2ccc(OC(F)F)c(Cl)c2)nc2cc(S(N)(=O)=O)ccc21. The summed E-state index contributed by atoms with van der Waals surface area (Å²) in [5, 5.41) is 7.79. The van der Waals surface area contributed by atoms with Gasteiger partial charge in [-0.15, -0.1) is 0 Å². The standard InChI is InChI=1S/C20H21ClF2N4O4S/c1-2-9-27-16-5-4-13(32(24,29)30)11-15(16)26-18(27)7-8-19(28)25-12-3-6-17(14(21)10-12)31-20(22)23/h3-6,10-11,20H,2,7-9H2,1H3,(H,25,28)(H2,24,29,30). The van der Waals surface area contributed by atoms with E-state index in [1.54, 1.807) is 6.07 Å². The highest BCUT2D eigenvalue weighted by molar-refractivity contribution is 7.89. The van der Waals surface area contributed by atoms with Crippen LogP contribution in [0.4, 0.5) is 14.5 Å². The van der Waals surface area contributed by atoms with E-state index in [2.05, 4.69) is 15.0 Å². The first-order valence-electron chi connectivity index (χ1n) is 9.64. The highest BCUT2D eigenvalue weighted by atomic mass is 35.5. The summed E-state index contributed by atoms with van der Waals surface area (Å²) in [5.74, 6) is 0.109. The smallest absolute Gasteiger partial charge is 0.387 e. The average molecular weight is 487 g/mol. The first kappa shape index (κ1) is 23.9. The van der Waals surface area contributed by atoms with E-state index in [1.165, 1.54) is 30.3 Å². The monoisotopic (exact) mass is 486 g/mol. The molecule has 0 saturated carbocycles. The van der Waals surface area contributed by atoms with Gasteiger partial charge in [0.05, 0.1) is 21.0 Å². The van der Waals surface area contributed by atoms with Gasteiger partial charge in [0, 0.05) is 25.1 Å². The molecule has 0 fully saturated rings. The number of nitrogens with zero attached hydrogens (tertiary/aromatic N) is 2. The number of halogens is 3. The van der Waals surface area contributed by atoms with Crippen LogP contribution in [-0.2, 0) is 27.8 Å². The Bertz CT molecular complexity index is 1250. The number of amides is 1. The quantitative estimate of drug-likeness (QED) is 0.475. The average Bonchev–Trinajstić information content (AvgIpc) is 3.05. The highest BCUT2D eigenvalue weighted by Crippen LogP contribution is 2.29. The predicted molar refractivity (Wildman–Crippen MR) is 116 cm³/mol. The lowest BCUT2D eigenvalue weighted by atomic mass is 10.2. The molecule has 32 heavy (non-hydrogen) atoms. The van der Waals surface area contributed by atoms with E-state index < -0.39 is 16.6 Å². The van der Waals surface area contributed by atoms with E-state index in [9.17, 15) is 22.0 Å². The number of carbonyl (C=O) groups is 1. The summed E-state index contributed by atoms with van der Waals surface area (Å²) in [7, 11) is -3.86. The number of aryl methyl sites for hydroxylation is 2. The van der Waals surface area contributed by atoms with Gasteiger partial charge < -0.3 is 14.6 Å². The molecule has 0 aliphatic carbocycles. The molecule has 1 heterocycles. The van der Waals surface area contributed by atoms with Crippen molar-refractivity contribution in [2.24, 2.45) is 5.14 Å². The first-order chi connectivity index (χ1) is 15.1. The number of alkyl halides is 2. The minimum atomic E-state index is -3.86. The van der Waals surface area contributed by atoms with Gasteiger partial charge in [-0.1, -0.05) is 18.5 Å². The van der Waals surface area contributed by atoms with Crippen LogP contribution in [0.2, 0.25) is 5.02 Å². The number of nitrogens with two attached hydrogens (primary N) is 1. The molecule has 1 aromatic heterocycles. The van der Waals surface area contributed by atoms with Crippen molar-refractivity contribution in [1.29, 1.82) is 0 Å². The third-order valence-electron chi connectivity index (χ3n) is 4.58. The summed E-state index contributed by atoms with van der Waals surface area (Å²) >= 11 is 5.90. The predicted octanol–water partition coefficient (Wildman–Crippen LogP) is 3.92. The second kappa shape index (κ2) is 9.80. The lowest BCUT2D eigenvalue weighted by molar-refractivity contribution is -0.116. The van der Waals surface area contributed by atoms with Crippen molar-refractivity contribution in [2.75, 3.05) is 5.32 Å². The molecule has 172 valence electrons. The van der Waals surface area contributed by atoms with E-state index in [0.29, 0.717) is 30.0 Å². The molecular formula is C20H21ClF2N4O4S. The molecular weight excluding hydrogens is 466 g/mol. The number of carbonyl (C=O) groups excluding carboxylic acids is 1. The third kappa shape index (κ3) is 5.72. The van der Waals surface area contributed by atoms with Crippen molar-refractivity contribution in [3.05, 3.63) is 47.2 Å². The first-order valence-corrected chi connectivity index (χ1v) is 11.6. The van der Waals surface area contributed by atoms with Crippen molar-refractivity contribution in [2.45, 2.75) is 44.2 Å². The molecule has 3 rings (SSSR count). The minimum absolute atomic E-state index is 0.0356. The third-order valence-corrected chi connectivity index (χ3v) is 5.79. The largest absolute Gasteiger partial charge is 0.433 e. The summed E-state index contributed by atoms with van der Waals surface area (Å²) in [6, 6.07) is 8.44. The fourth-order valence-corrected chi connectivity index (χ4v) is 3.98. The second-order valence-corrected chi connectivity index (χ2v) is 8.92. The van der Waals surface area contributed by atoms with E-state index >= 15 is 0 Å². The van der Waals surface area contributed by atoms with Crippen LogP contribution in [0.1, 0.15) is 25.6 Å². The summed E-state index contributed by atoms with van der Waals surface area (Å²) in [5.41, 5.74) is 1.55. The van der Waals surface area contributed by atoms with E-state index in [0.717, 1.165) is 11.9 Å². The maximum absolute atomic E-state index is 12.4. The number of imidazole rings is 1. The van der Waals surface area contributed by atoms with Gasteiger partial charge in [0.25, 0.3) is 0 Å². The van der Waals surface area contributed by atoms with Gasteiger partial charge in [0.2, 0.25) is 15.9 Å². The molecule has 0 saturated heterocycles. The number of ether oxygens (including phenoxy) is 1. The number of fused-ring (bicyclic) bond motifs is 1. The Hall–Kier alpha value is -2.76. The van der Waals surface area contributed by atoms with Crippen LogP contribution in [-0.4, -0.2) is 30.5 Å². The van der Waals surface area contributed by atoms with Crippen LogP contribution in [0.3, 0.4) is 0 Å². The topological polar surface area (TPSA) is 116 Å². The summed E-state index contributed by atoms with van der Waals surface area (Å²) in [4.78, 5) is 16.8. The van der Waals surface area contributed by atoms with Gasteiger partial charge in [-0.05, 0) is 42.8 Å². The number of rotatable bonds is 9. The number of sulfonamides is 1. The molecule has 0 aliphatic rings. The minimum Gasteiger partial charge on any atom is -0.433 e. The van der Waals surface area contributed by atoms with Crippen molar-refractivity contribution in [3.63, 3.8) is 0 Å². The fourth-order valence-electron chi connectivity index (χ4n) is 3.22. The molecule has 0 aliphatic heterocycles. The van der Waals surface area contributed by atoms with Crippen LogP contribution in [0.5, 0.6) is 5.75 Å². The van der Waals surface area contributed by atoms with Gasteiger partial charge in [-0.25, -0.2) is 18.5 Å². The summed E-state index contributed by atoms with van der Waals surface area (Å²) in [6.45, 7) is -0.369. The molecule has 3 N–H and O–H groups in total. The molecule has 0 atom stereocenters. The van der Waals surface area contributed by atoms with Crippen molar-refractivity contribution in [3.8, 4) is 5.75 Å². The summed E-state index contributed by atoms with van der Waals surface area (Å²) in [6.07, 6.45) is 1.20. The van der Waals surface area contributed by atoms with Crippen molar-refractivity contribution in [1.82, 2.24) is 9.55 Å². The highest BCUT2D eigenvalue weighted by Gasteiger charge is 2.16. The molecule has 0 radical (unpaired) electrons. The number of nitrogens with one attached hydrogen (secondary N) is 1. The van der Waals surface area contributed by atoms with Gasteiger partial charge in [-0.2, -0.15) is 8.78 Å². The zero-order chi connectivity index (χ0) is 23.5. The van der Waals surface area contributed by atoms with Crippen LogP contribution in [0.15, 0.2) is 41.3 Å². The number of hydrogen-bond donors (Lipinski definition) is 2. The number of aromatic nitrogens is 2. The number of primary sulfonamides is 1. The number of anilines is 1. The van der Waals surface area contributed by atoms with Gasteiger partial charge in [-0.3, -0.25) is 4.79 Å². The zero-order valence-electron chi connectivity index (χ0n) is 17.0. The Labute approximate surface area is 188 Å². The maximum atomic E-state index is 12.4. The van der Waals surface area contributed by atoms with Crippen molar-refractivity contribution >= 4 is 44.3 Å². The van der Waals surface area contributed by atoms with Crippen LogP contribution < -0.4 is 15.2 Å². The number of hydrogen-bond acceptors (Lipinski definition) is 5. The van der Waals surface area contributed by atoms with Crippen LogP contribution in [0.25, 0.3) is 11.0 Å². The van der Waals surface area contributed by atoms with Crippen LogP contribution >= 0.6 is 11.6 Å². The Morgan fingerprint density at radius 3 is 2.66 bits per heavy atom. The van der Waals surface area contributed by atoms with Gasteiger partial charge >= 0.3 is 6.61 Å². The Balaban J connectivity index is 1.74. The Morgan fingerprint density at radius 2 is 2.03 bits per heavy atom. The summed E-state index contributed by atoms with van der Waals surface area (Å²) < 4.78 is 54.1. The van der Waals surface area contributed by atoms with E-state index in [4.69, 9.17) is 16.7 Å². The number of benzene rings is 2. The lowest BCUT2D eigenvalue weighted by Gasteiger charge is -2.10. The molecule has 3 aromatic rings. The van der Waals surface area contributed by atoms with Crippen LogP contribution in [0, 0.1) is 0 Å². The molecule has 2 aromatic carbocycles. The normalized spacial score (nSPS) is 11.8. The van der Waals surface area contributed by atoms with E-state index in [1.807, 2.05) is 11.5 Å². The van der Waals surface area contributed by atoms with Gasteiger partial charge in [0.1, 0.15) is 11.6 Å². The zero-order valence-corrected chi connectivity index (χ0v) is 18.6. The molecule has 0 spiro atoms. The Morgan fingerprint density at radius 1 is 1.28 bits per heavy atom. The van der Waals surface area contributed by atoms with E-state index in [-0.39, 0.29) is 28.0 Å². The molecule has 0 bridgehead atoms. The fraction of sp³-hybridized carbons (Fsp3) is 0.300. The molecule has 12 heteroatoms. The Kier molecular flexibility index (Phi) is 7.32. The molecule has 8 nitrogen and oxygen atoms in total. The van der Waals surface area contributed by atoms with Gasteiger partial charge in [0.15, 0.2) is 0 Å². The maximum Gasteiger partial charge on any atom is 0.387 e. The second-order valence-electron chi connectivity index (χ2n) is 6.95. The lowest BCUT2D eigenvalue weighted by Crippen LogP contribution is -2.14. The molecule has 1 amide bonds.